The third-order valence-electron chi connectivity index (χ3n) is 24.2. The zero-order chi connectivity index (χ0) is 80.9. The SMILES string of the molecule is Brc1ccccc1-c1ccc(-c2ccccc2Br)cc1.CI.Nc1ccccc1-c1ccc(-c2ccccc2N)cc1.c1ccc2c(c1)-c1ccc3c4c1C1c5c(ccc6c5C4N(c4ccccc4-3)c3ccccc3-6)-c3ccccc3N21.c1ccc2c(c1)Cc1ccccc1-c1ccc(cc1)-c1ccccc1Nc1ccccc1-c1ccc-2cc1. The van der Waals surface area contributed by atoms with Crippen molar-refractivity contribution in [1.82, 2.24) is 0 Å². The first-order chi connectivity index (χ1) is 59.2. The average molecular weight is 1780 g/mol. The highest BCUT2D eigenvalue weighted by Gasteiger charge is 2.52. The number of nitrogens with one attached hydrogen (secondary N) is 1. The number of rotatable bonds is 4. The normalized spacial score (nSPS) is 13.4. The van der Waals surface area contributed by atoms with E-state index < -0.39 is 0 Å². The summed E-state index contributed by atoms with van der Waals surface area (Å²) in [6, 6.07) is 148. The van der Waals surface area contributed by atoms with E-state index in [9.17, 15) is 0 Å². The fraction of sp³-hybridized carbons (Fsp3) is 0.0357. The first-order valence-corrected chi connectivity index (χ1v) is 44.4. The van der Waals surface area contributed by atoms with Crippen LogP contribution in [0.2, 0.25) is 0 Å². The van der Waals surface area contributed by atoms with Crippen molar-refractivity contribution in [3.8, 4) is 134 Å². The Labute approximate surface area is 732 Å². The summed E-state index contributed by atoms with van der Waals surface area (Å²) in [5, 5.41) is 3.75. The topological polar surface area (TPSA) is 70.5 Å². The maximum atomic E-state index is 6.01. The minimum absolute atomic E-state index is 0.147. The Morgan fingerprint density at radius 3 is 0.742 bits per heavy atom. The summed E-state index contributed by atoms with van der Waals surface area (Å²) in [5.74, 6) is 0. The molecule has 8 heterocycles. The fourth-order valence-electron chi connectivity index (χ4n) is 18.8. The lowest BCUT2D eigenvalue weighted by Gasteiger charge is -2.55. The van der Waals surface area contributed by atoms with Gasteiger partial charge in [-0.25, -0.2) is 0 Å². The molecule has 5 N–H and O–H groups in total. The predicted octanol–water partition coefficient (Wildman–Crippen LogP) is 31.6. The second-order valence-electron chi connectivity index (χ2n) is 30.7. The molecule has 8 aliphatic heterocycles. The van der Waals surface area contributed by atoms with Crippen molar-refractivity contribution in [1.29, 1.82) is 0 Å². The van der Waals surface area contributed by atoms with Gasteiger partial charge in [0.05, 0.1) is 12.1 Å². The highest BCUT2D eigenvalue weighted by molar-refractivity contribution is 14.1. The molecule has 574 valence electrons. The molecule has 0 aromatic heterocycles. The van der Waals surface area contributed by atoms with Crippen molar-refractivity contribution >= 4 is 99.9 Å². The van der Waals surface area contributed by atoms with E-state index in [1.165, 1.54) is 167 Å². The van der Waals surface area contributed by atoms with Crippen LogP contribution in [0, 0.1) is 0 Å². The van der Waals surface area contributed by atoms with E-state index in [0.717, 1.165) is 60.4 Å². The van der Waals surface area contributed by atoms with Crippen LogP contribution in [0.3, 0.4) is 0 Å². The lowest BCUT2D eigenvalue weighted by Crippen LogP contribution is -2.42. The van der Waals surface area contributed by atoms with Crippen LogP contribution in [-0.2, 0) is 6.42 Å². The molecule has 18 aromatic carbocycles. The Hall–Kier alpha value is -13.4. The number of fused-ring (bicyclic) bond motifs is 12. The number of para-hydroxylation sites is 8. The second-order valence-corrected chi connectivity index (χ2v) is 32.4. The van der Waals surface area contributed by atoms with Crippen LogP contribution in [-0.4, -0.2) is 4.93 Å². The molecule has 0 atom stereocenters. The van der Waals surface area contributed by atoms with Crippen LogP contribution < -0.4 is 26.6 Å². The third-order valence-corrected chi connectivity index (χ3v) is 25.6. The summed E-state index contributed by atoms with van der Waals surface area (Å²) in [5.41, 5.74) is 59.5. The molecule has 9 aliphatic rings. The summed E-state index contributed by atoms with van der Waals surface area (Å²) in [6.45, 7) is 0. The molecule has 120 heavy (non-hydrogen) atoms. The molecule has 1 aliphatic carbocycles. The molecule has 5 nitrogen and oxygen atoms in total. The molecule has 0 unspecified atom stereocenters. The Morgan fingerprint density at radius 1 is 0.225 bits per heavy atom. The van der Waals surface area contributed by atoms with Crippen molar-refractivity contribution in [2.24, 2.45) is 0 Å². The van der Waals surface area contributed by atoms with Crippen molar-refractivity contribution < 1.29 is 0 Å². The van der Waals surface area contributed by atoms with Gasteiger partial charge in [0, 0.05) is 99.0 Å². The standard InChI is InChI=1S/C38H22N2.C37H27N.C18H12Br2.C18H16N2.CH3I/c1-5-13-29-21(9-1)25-17-18-26-23-11-3-7-15-31(23)40-32-16-8-4-12-24(32)28-20-19-27-22-10-2-6-14-30(22)39(29)37-33(25)34(26)38(40)36(28)35(27)37;1-3-11-32-26-17-21-28(22-18-26)34-13-5-7-15-36(34)38-37-16-8-6-14-35(37)29-23-19-27(20-24-29)33-12-4-2-10-31(33)25-30(32)9-1;2*19-17-7-3-1-5-15(17)13-9-11-14(12-10-13)16-6-2-4-8-18(16)20;1-2/h1-20,37-38H;1-24,38H,25H2;1-12H;1-12H,19-20H2;1H3. The van der Waals surface area contributed by atoms with E-state index in [-0.39, 0.29) is 12.1 Å². The number of nitrogens with two attached hydrogens (primary N) is 2. The molecule has 8 heteroatoms. The summed E-state index contributed by atoms with van der Waals surface area (Å²) in [6.07, 6.45) is 0.880. The van der Waals surface area contributed by atoms with Crippen LogP contribution >= 0.6 is 54.5 Å². The van der Waals surface area contributed by atoms with Gasteiger partial charge in [0.1, 0.15) is 0 Å². The van der Waals surface area contributed by atoms with Gasteiger partial charge in [0.2, 0.25) is 0 Å². The molecule has 0 saturated heterocycles. The number of benzene rings is 18. The maximum absolute atomic E-state index is 6.01. The number of alkyl halides is 1. The van der Waals surface area contributed by atoms with Gasteiger partial charge in [-0.3, -0.25) is 0 Å². The van der Waals surface area contributed by atoms with E-state index in [1.54, 1.807) is 0 Å². The Morgan fingerprint density at radius 2 is 0.442 bits per heavy atom. The molecule has 18 aromatic rings. The van der Waals surface area contributed by atoms with Gasteiger partial charge < -0.3 is 26.6 Å². The monoisotopic (exact) mass is 1780 g/mol. The van der Waals surface area contributed by atoms with Gasteiger partial charge in [-0.05, 0) is 194 Å². The summed E-state index contributed by atoms with van der Waals surface area (Å²) < 4.78 is 2.24. The number of hydrogen-bond donors (Lipinski definition) is 3. The van der Waals surface area contributed by atoms with Crippen LogP contribution in [0.5, 0.6) is 0 Å². The lowest BCUT2D eigenvalue weighted by atomic mass is 9.63. The summed E-state index contributed by atoms with van der Waals surface area (Å²) >= 11 is 9.35. The molecular weight excluding hydrogens is 1700 g/mol. The van der Waals surface area contributed by atoms with Gasteiger partial charge >= 0.3 is 0 Å². The van der Waals surface area contributed by atoms with E-state index >= 15 is 0 Å². The van der Waals surface area contributed by atoms with Gasteiger partial charge in [0.15, 0.2) is 0 Å². The van der Waals surface area contributed by atoms with Gasteiger partial charge in [-0.2, -0.15) is 0 Å². The molecule has 0 spiro atoms. The van der Waals surface area contributed by atoms with Crippen LogP contribution in [0.25, 0.3) is 134 Å². The predicted molar refractivity (Wildman–Crippen MR) is 522 cm³/mol. The number of anilines is 8. The lowest BCUT2D eigenvalue weighted by molar-refractivity contribution is 0.684. The zero-order valence-corrected chi connectivity index (χ0v) is 71.1. The molecule has 0 saturated carbocycles. The smallest absolute Gasteiger partial charge is 0.0864 e. The minimum Gasteiger partial charge on any atom is -0.398 e. The van der Waals surface area contributed by atoms with E-state index in [1.807, 2.05) is 65.6 Å². The quantitative estimate of drug-likeness (QED) is 0.0931. The zero-order valence-electron chi connectivity index (χ0n) is 65.8. The van der Waals surface area contributed by atoms with Crippen molar-refractivity contribution in [3.63, 3.8) is 0 Å². The number of nitrogen functional groups attached to an aromatic ring is 2. The first-order valence-electron chi connectivity index (χ1n) is 40.6. The largest absolute Gasteiger partial charge is 0.398 e. The summed E-state index contributed by atoms with van der Waals surface area (Å²) in [7, 11) is 0. The fourth-order valence-corrected chi connectivity index (χ4v) is 19.9. The minimum atomic E-state index is 0.147. The van der Waals surface area contributed by atoms with Crippen molar-refractivity contribution in [2.45, 2.75) is 18.5 Å². The number of nitrogens with zero attached hydrogens (tertiary/aromatic N) is 2. The maximum Gasteiger partial charge on any atom is 0.0864 e. The van der Waals surface area contributed by atoms with Crippen molar-refractivity contribution in [2.75, 3.05) is 31.5 Å². The van der Waals surface area contributed by atoms with E-state index in [0.29, 0.717) is 0 Å². The van der Waals surface area contributed by atoms with Gasteiger partial charge in [-0.1, -0.05) is 406 Å². The Bertz CT molecular complexity index is 6130. The van der Waals surface area contributed by atoms with Gasteiger partial charge in [0.25, 0.3) is 0 Å². The van der Waals surface area contributed by atoms with Crippen molar-refractivity contribution in [3.05, 3.63) is 455 Å². The molecule has 4 bridgehead atoms. The molecule has 0 fully saturated rings. The second kappa shape index (κ2) is 32.5. The Balaban J connectivity index is 0.000000107. The van der Waals surface area contributed by atoms with E-state index in [2.05, 4.69) is 421 Å². The molecule has 0 amide bonds. The highest BCUT2D eigenvalue weighted by Crippen LogP contribution is 2.69. The molecule has 0 radical (unpaired) electrons. The average Bonchev–Trinajstić information content (AvgIpc) is 0.659. The van der Waals surface area contributed by atoms with Gasteiger partial charge in [-0.15, -0.1) is 0 Å². The van der Waals surface area contributed by atoms with Crippen LogP contribution in [0.4, 0.5) is 45.5 Å². The first kappa shape index (κ1) is 75.4. The number of hydrogen-bond acceptors (Lipinski definition) is 5. The molecular formula is C112H80Br2IN5. The van der Waals surface area contributed by atoms with Crippen LogP contribution in [0.15, 0.2) is 421 Å². The Kier molecular flexibility index (Phi) is 20.4. The third kappa shape index (κ3) is 13.5. The van der Waals surface area contributed by atoms with Crippen LogP contribution in [0.1, 0.15) is 45.5 Å². The van der Waals surface area contributed by atoms with E-state index in [4.69, 9.17) is 11.5 Å². The number of halogens is 3. The molecule has 27 rings (SSSR count). The highest BCUT2D eigenvalue weighted by atomic mass is 127. The summed E-state index contributed by atoms with van der Waals surface area (Å²) in [4.78, 5) is 7.27.